The van der Waals surface area contributed by atoms with Crippen molar-refractivity contribution < 1.29 is 28.2 Å². The number of halogens is 2. The minimum absolute atomic E-state index is 0.128. The fourth-order valence-corrected chi connectivity index (χ4v) is 5.62. The monoisotopic (exact) mass is 587 g/mol. The van der Waals surface area contributed by atoms with Crippen LogP contribution in [0.25, 0.3) is 5.69 Å². The van der Waals surface area contributed by atoms with Gasteiger partial charge in [-0.1, -0.05) is 0 Å². The molecule has 1 saturated carbocycles. The van der Waals surface area contributed by atoms with Gasteiger partial charge in [-0.25, -0.2) is 18.6 Å². The normalized spacial score (nSPS) is 19.1. The standard InChI is InChI=1S/C31H27F2N5O5/c32-20-3-5-21(6-4-20)38-11-1-2-25(30(38)41)29(40)35-27-8-7-23(14-26(27)33)43-24-9-10-34-28(15-24)36-31(42)37-16-18-12-22(39)13-19(18)17-37/h1-11,14-15,18-19,22,39H,12-13,16-17H2,(H,35,40)(H,34,36,42). The van der Waals surface area contributed by atoms with E-state index in [1.165, 1.54) is 71.6 Å². The van der Waals surface area contributed by atoms with Crippen molar-refractivity contribution >= 4 is 23.4 Å². The van der Waals surface area contributed by atoms with Crippen LogP contribution in [0.5, 0.6) is 11.5 Å². The summed E-state index contributed by atoms with van der Waals surface area (Å²) in [5.41, 5.74) is -0.683. The molecule has 3 heterocycles. The molecule has 43 heavy (non-hydrogen) atoms. The summed E-state index contributed by atoms with van der Waals surface area (Å²) in [6, 6.07) is 14.6. The number of nitrogens with zero attached hydrogens (tertiary/aromatic N) is 3. The van der Waals surface area contributed by atoms with Gasteiger partial charge in [-0.2, -0.15) is 0 Å². The highest BCUT2D eigenvalue weighted by Gasteiger charge is 2.41. The van der Waals surface area contributed by atoms with Gasteiger partial charge in [-0.05, 0) is 79.3 Å². The smallest absolute Gasteiger partial charge is 0.323 e. The number of aliphatic hydroxyl groups excluding tert-OH is 1. The van der Waals surface area contributed by atoms with Gasteiger partial charge in [0.25, 0.3) is 11.5 Å². The second kappa shape index (κ2) is 11.6. The number of fused-ring (bicyclic) bond motifs is 1. The first-order valence-corrected chi connectivity index (χ1v) is 13.7. The van der Waals surface area contributed by atoms with E-state index in [1.807, 2.05) is 0 Å². The Morgan fingerprint density at radius 1 is 0.930 bits per heavy atom. The number of carbonyl (C=O) groups excluding carboxylic acids is 2. The van der Waals surface area contributed by atoms with Gasteiger partial charge in [0, 0.05) is 43.3 Å². The molecule has 4 aromatic rings. The number of hydrogen-bond donors (Lipinski definition) is 3. The number of urea groups is 1. The Morgan fingerprint density at radius 3 is 2.37 bits per heavy atom. The van der Waals surface area contributed by atoms with E-state index in [9.17, 15) is 28.3 Å². The summed E-state index contributed by atoms with van der Waals surface area (Å²) in [5.74, 6) is -0.784. The predicted octanol–water partition coefficient (Wildman–Crippen LogP) is 4.79. The Morgan fingerprint density at radius 2 is 1.65 bits per heavy atom. The van der Waals surface area contributed by atoms with Crippen LogP contribution in [0, 0.1) is 23.5 Å². The molecular weight excluding hydrogens is 560 g/mol. The molecule has 12 heteroatoms. The topological polar surface area (TPSA) is 126 Å². The number of pyridine rings is 2. The zero-order chi connectivity index (χ0) is 30.1. The Balaban J connectivity index is 1.09. The third-order valence-corrected chi connectivity index (χ3v) is 7.70. The molecule has 3 N–H and O–H groups in total. The third-order valence-electron chi connectivity index (χ3n) is 7.70. The number of aliphatic hydroxyl groups is 1. The lowest BCUT2D eigenvalue weighted by Gasteiger charge is -2.18. The number of carbonyl (C=O) groups is 2. The van der Waals surface area contributed by atoms with Gasteiger partial charge >= 0.3 is 6.03 Å². The van der Waals surface area contributed by atoms with Gasteiger partial charge in [-0.3, -0.25) is 19.5 Å². The zero-order valence-electron chi connectivity index (χ0n) is 22.7. The minimum Gasteiger partial charge on any atom is -0.457 e. The second-order valence-electron chi connectivity index (χ2n) is 10.6. The molecule has 2 aliphatic rings. The van der Waals surface area contributed by atoms with Crippen molar-refractivity contribution in [2.45, 2.75) is 18.9 Å². The Bertz CT molecular complexity index is 1730. The van der Waals surface area contributed by atoms with Crippen molar-refractivity contribution in [2.24, 2.45) is 11.8 Å². The first kappa shape index (κ1) is 28.0. The van der Waals surface area contributed by atoms with Crippen LogP contribution in [0.1, 0.15) is 23.2 Å². The molecule has 0 radical (unpaired) electrons. The van der Waals surface area contributed by atoms with E-state index in [-0.39, 0.29) is 35.0 Å². The van der Waals surface area contributed by atoms with E-state index in [1.54, 1.807) is 11.0 Å². The SMILES string of the molecule is O=C(Nc1ccc(Oc2ccnc(NC(=O)N3CC4CC(O)CC4C3)c2)cc1F)c1cccn(-c2ccc(F)cc2)c1=O. The van der Waals surface area contributed by atoms with Crippen LogP contribution >= 0.6 is 0 Å². The van der Waals surface area contributed by atoms with E-state index in [0.717, 1.165) is 6.07 Å². The Hall–Kier alpha value is -5.10. The molecule has 1 aliphatic heterocycles. The quantitative estimate of drug-likeness (QED) is 0.298. The highest BCUT2D eigenvalue weighted by atomic mass is 19.1. The van der Waals surface area contributed by atoms with Crippen molar-refractivity contribution in [3.63, 3.8) is 0 Å². The van der Waals surface area contributed by atoms with Crippen LogP contribution in [0.2, 0.25) is 0 Å². The number of benzene rings is 2. The van der Waals surface area contributed by atoms with E-state index >= 15 is 0 Å². The van der Waals surface area contributed by atoms with Gasteiger partial charge in [0.2, 0.25) is 0 Å². The van der Waals surface area contributed by atoms with Crippen molar-refractivity contribution in [1.82, 2.24) is 14.5 Å². The predicted molar refractivity (Wildman–Crippen MR) is 153 cm³/mol. The third kappa shape index (κ3) is 6.09. The average Bonchev–Trinajstić information content (AvgIpc) is 3.53. The number of amides is 3. The highest BCUT2D eigenvalue weighted by Crippen LogP contribution is 2.38. The summed E-state index contributed by atoms with van der Waals surface area (Å²) in [4.78, 5) is 44.4. The lowest BCUT2D eigenvalue weighted by atomic mass is 10.0. The summed E-state index contributed by atoms with van der Waals surface area (Å²) in [5, 5.41) is 15.0. The zero-order valence-corrected chi connectivity index (χ0v) is 22.7. The van der Waals surface area contributed by atoms with Crippen LogP contribution in [0.15, 0.2) is 83.9 Å². The summed E-state index contributed by atoms with van der Waals surface area (Å²) in [6.07, 6.45) is 4.01. The molecule has 2 aromatic heterocycles. The molecule has 2 atom stereocenters. The van der Waals surface area contributed by atoms with Crippen LogP contribution in [-0.2, 0) is 0 Å². The second-order valence-corrected chi connectivity index (χ2v) is 10.6. The van der Waals surface area contributed by atoms with Crippen molar-refractivity contribution in [3.05, 3.63) is 107 Å². The van der Waals surface area contributed by atoms with Crippen LogP contribution in [0.3, 0.4) is 0 Å². The van der Waals surface area contributed by atoms with Crippen molar-refractivity contribution in [1.29, 1.82) is 0 Å². The Labute approximate surface area is 244 Å². The molecule has 1 saturated heterocycles. The minimum atomic E-state index is -0.818. The summed E-state index contributed by atoms with van der Waals surface area (Å²) >= 11 is 0. The highest BCUT2D eigenvalue weighted by molar-refractivity contribution is 6.04. The molecule has 6 rings (SSSR count). The lowest BCUT2D eigenvalue weighted by molar-refractivity contribution is 0.102. The maximum atomic E-state index is 15.0. The largest absolute Gasteiger partial charge is 0.457 e. The molecule has 1 aliphatic carbocycles. The molecule has 10 nitrogen and oxygen atoms in total. The number of nitrogens with one attached hydrogen (secondary N) is 2. The summed E-state index contributed by atoms with van der Waals surface area (Å²) in [6.45, 7) is 1.17. The van der Waals surface area contributed by atoms with Gasteiger partial charge in [0.1, 0.15) is 34.5 Å². The first-order chi connectivity index (χ1) is 20.7. The number of hydrogen-bond acceptors (Lipinski definition) is 6. The lowest BCUT2D eigenvalue weighted by Crippen LogP contribution is -2.34. The molecule has 0 bridgehead atoms. The number of anilines is 2. The molecule has 3 amide bonds. The maximum Gasteiger partial charge on any atom is 0.323 e. The average molecular weight is 588 g/mol. The van der Waals surface area contributed by atoms with Gasteiger partial charge in [0.05, 0.1) is 11.8 Å². The van der Waals surface area contributed by atoms with Gasteiger partial charge in [0.15, 0.2) is 0 Å². The van der Waals surface area contributed by atoms with E-state index in [0.29, 0.717) is 49.2 Å². The van der Waals surface area contributed by atoms with Crippen molar-refractivity contribution in [2.75, 3.05) is 23.7 Å². The van der Waals surface area contributed by atoms with E-state index in [2.05, 4.69) is 15.6 Å². The van der Waals surface area contributed by atoms with E-state index < -0.39 is 23.1 Å². The fourth-order valence-electron chi connectivity index (χ4n) is 5.62. The fraction of sp³-hybridized carbons (Fsp3) is 0.226. The molecule has 220 valence electrons. The van der Waals surface area contributed by atoms with Crippen LogP contribution in [-0.4, -0.2) is 50.7 Å². The number of ether oxygens (including phenoxy) is 1. The van der Waals surface area contributed by atoms with Gasteiger partial charge < -0.3 is 20.1 Å². The molecule has 2 fully saturated rings. The summed E-state index contributed by atoms with van der Waals surface area (Å²) in [7, 11) is 0. The number of likely N-dealkylation sites (tertiary alicyclic amines) is 1. The molecule has 0 spiro atoms. The maximum absolute atomic E-state index is 15.0. The molecular formula is C31H27F2N5O5. The number of rotatable bonds is 6. The first-order valence-electron chi connectivity index (χ1n) is 13.7. The molecule has 2 unspecified atom stereocenters. The number of aromatic nitrogens is 2. The van der Waals surface area contributed by atoms with Crippen LogP contribution in [0.4, 0.5) is 25.1 Å². The van der Waals surface area contributed by atoms with Gasteiger partial charge in [-0.15, -0.1) is 0 Å². The molecule has 2 aromatic carbocycles. The van der Waals surface area contributed by atoms with Crippen LogP contribution < -0.4 is 20.9 Å². The van der Waals surface area contributed by atoms with Crippen molar-refractivity contribution in [3.8, 4) is 17.2 Å². The Kier molecular flexibility index (Phi) is 7.59. The van der Waals surface area contributed by atoms with E-state index in [4.69, 9.17) is 4.74 Å². The summed E-state index contributed by atoms with van der Waals surface area (Å²) < 4.78 is 35.2.